The van der Waals surface area contributed by atoms with Crippen LogP contribution in [0.5, 0.6) is 0 Å². The van der Waals surface area contributed by atoms with Crippen molar-refractivity contribution in [3.8, 4) is 0 Å². The lowest BCUT2D eigenvalue weighted by Crippen LogP contribution is -2.25. The van der Waals surface area contributed by atoms with Gasteiger partial charge in [-0.05, 0) is 34.9 Å². The van der Waals surface area contributed by atoms with Crippen LogP contribution in [-0.4, -0.2) is 22.2 Å². The first-order valence-corrected chi connectivity index (χ1v) is 7.79. The monoisotopic (exact) mass is 306 g/mol. The minimum atomic E-state index is -0.905. The first-order valence-electron chi connectivity index (χ1n) is 7.79. The summed E-state index contributed by atoms with van der Waals surface area (Å²) in [5, 5.41) is 19.2. The van der Waals surface area contributed by atoms with Gasteiger partial charge in [0.25, 0.3) is 0 Å². The highest BCUT2D eigenvalue weighted by Gasteiger charge is 2.33. The molecular weight excluding hydrogens is 280 g/mol. The van der Waals surface area contributed by atoms with Crippen molar-refractivity contribution in [3.63, 3.8) is 0 Å². The van der Waals surface area contributed by atoms with Gasteiger partial charge >= 0.3 is 11.9 Å². The Morgan fingerprint density at radius 2 is 1.45 bits per heavy atom. The van der Waals surface area contributed by atoms with Crippen LogP contribution in [0.4, 0.5) is 0 Å². The Morgan fingerprint density at radius 1 is 0.955 bits per heavy atom. The molecule has 0 radical (unpaired) electrons. The Morgan fingerprint density at radius 3 is 1.82 bits per heavy atom. The molecule has 0 aromatic heterocycles. The molecule has 2 N–H and O–H groups in total. The number of hydrogen-bond donors (Lipinski definition) is 2. The van der Waals surface area contributed by atoms with Crippen molar-refractivity contribution in [3.05, 3.63) is 34.9 Å². The number of aliphatic carboxylic acids is 2. The molecule has 2 unspecified atom stereocenters. The van der Waals surface area contributed by atoms with Crippen molar-refractivity contribution >= 4 is 11.9 Å². The van der Waals surface area contributed by atoms with Crippen LogP contribution in [-0.2, 0) is 16.0 Å². The number of hydrogen-bond acceptors (Lipinski definition) is 2. The molecule has 0 aliphatic heterocycles. The van der Waals surface area contributed by atoms with Crippen LogP contribution < -0.4 is 0 Å². The Bertz CT molecular complexity index is 546. The average molecular weight is 306 g/mol. The summed E-state index contributed by atoms with van der Waals surface area (Å²) in [6.45, 7) is 9.39. The van der Waals surface area contributed by atoms with Crippen molar-refractivity contribution in [1.29, 1.82) is 0 Å². The van der Waals surface area contributed by atoms with Gasteiger partial charge in [-0.2, -0.15) is 0 Å². The zero-order valence-electron chi connectivity index (χ0n) is 14.0. The third kappa shape index (κ3) is 3.67. The van der Waals surface area contributed by atoms with Gasteiger partial charge in [-0.3, -0.25) is 9.59 Å². The Hall–Kier alpha value is -1.84. The molecule has 1 rings (SSSR count). The highest BCUT2D eigenvalue weighted by Crippen LogP contribution is 2.37. The molecular formula is C18H26O4. The molecule has 0 fully saturated rings. The number of carbonyl (C=O) groups is 2. The largest absolute Gasteiger partial charge is 0.481 e. The van der Waals surface area contributed by atoms with Crippen LogP contribution in [0.15, 0.2) is 18.2 Å². The third-order valence-corrected chi connectivity index (χ3v) is 4.12. The maximum absolute atomic E-state index is 11.8. The molecule has 0 aliphatic rings. The lowest BCUT2D eigenvalue weighted by Gasteiger charge is -2.27. The predicted molar refractivity (Wildman–Crippen MR) is 86.2 cm³/mol. The van der Waals surface area contributed by atoms with E-state index < -0.39 is 23.8 Å². The summed E-state index contributed by atoms with van der Waals surface area (Å²) in [4.78, 5) is 23.5. The molecule has 0 heterocycles. The topological polar surface area (TPSA) is 74.6 Å². The second kappa shape index (κ2) is 7.43. The maximum atomic E-state index is 11.8. The summed E-state index contributed by atoms with van der Waals surface area (Å²) in [6.07, 6.45) is 0.685. The van der Waals surface area contributed by atoms with Crippen molar-refractivity contribution in [2.24, 2.45) is 11.8 Å². The fourth-order valence-electron chi connectivity index (χ4n) is 3.11. The molecule has 0 saturated carbocycles. The molecule has 4 nitrogen and oxygen atoms in total. The summed E-state index contributed by atoms with van der Waals surface area (Å²) in [5.74, 6) is -3.40. The number of rotatable bonds is 7. The summed E-state index contributed by atoms with van der Waals surface area (Å²) in [5.41, 5.74) is 2.25. The SMILES string of the molecule is CCc1cccc(C(C(=O)O)C(C)C)c1C(C(=O)O)C(C)C. The van der Waals surface area contributed by atoms with Gasteiger partial charge in [0.2, 0.25) is 0 Å². The van der Waals surface area contributed by atoms with Crippen LogP contribution in [0, 0.1) is 11.8 Å². The minimum Gasteiger partial charge on any atom is -0.481 e. The van der Waals surface area contributed by atoms with E-state index in [9.17, 15) is 19.8 Å². The zero-order valence-corrected chi connectivity index (χ0v) is 14.0. The molecule has 2 atom stereocenters. The highest BCUT2D eigenvalue weighted by molar-refractivity contribution is 5.81. The second-order valence-electron chi connectivity index (χ2n) is 6.39. The van der Waals surface area contributed by atoms with Crippen LogP contribution in [0.3, 0.4) is 0 Å². The van der Waals surface area contributed by atoms with E-state index in [0.717, 1.165) is 5.56 Å². The van der Waals surface area contributed by atoms with Gasteiger partial charge < -0.3 is 10.2 Å². The fourth-order valence-corrected chi connectivity index (χ4v) is 3.11. The summed E-state index contributed by atoms with van der Waals surface area (Å²) in [7, 11) is 0. The van der Waals surface area contributed by atoms with E-state index in [0.29, 0.717) is 17.5 Å². The van der Waals surface area contributed by atoms with Gasteiger partial charge in [0.05, 0.1) is 11.8 Å². The fraction of sp³-hybridized carbons (Fsp3) is 0.556. The van der Waals surface area contributed by atoms with E-state index in [1.54, 1.807) is 6.07 Å². The minimum absolute atomic E-state index is 0.106. The third-order valence-electron chi connectivity index (χ3n) is 4.12. The summed E-state index contributed by atoms with van der Waals surface area (Å²) >= 11 is 0. The molecule has 0 bridgehead atoms. The summed E-state index contributed by atoms with van der Waals surface area (Å²) < 4.78 is 0. The van der Waals surface area contributed by atoms with Crippen LogP contribution in [0.25, 0.3) is 0 Å². The molecule has 0 saturated heterocycles. The number of aryl methyl sites for hydroxylation is 1. The van der Waals surface area contributed by atoms with E-state index in [2.05, 4.69) is 0 Å². The molecule has 122 valence electrons. The highest BCUT2D eigenvalue weighted by atomic mass is 16.4. The zero-order chi connectivity index (χ0) is 17.0. The standard InChI is InChI=1S/C18H26O4/c1-6-12-8-7-9-13(14(10(2)3)17(19)20)16(12)15(11(4)5)18(21)22/h7-11,14-15H,6H2,1-5H3,(H,19,20)(H,21,22). The van der Waals surface area contributed by atoms with Gasteiger partial charge in [0, 0.05) is 0 Å². The smallest absolute Gasteiger partial charge is 0.311 e. The van der Waals surface area contributed by atoms with Crippen LogP contribution in [0.2, 0.25) is 0 Å². The molecule has 0 spiro atoms. The average Bonchev–Trinajstić information content (AvgIpc) is 2.38. The molecule has 0 aliphatic carbocycles. The van der Waals surface area contributed by atoms with Gasteiger partial charge in [-0.1, -0.05) is 52.8 Å². The Labute approximate surface area is 132 Å². The van der Waals surface area contributed by atoms with E-state index in [1.165, 1.54) is 0 Å². The number of carboxylic acids is 2. The van der Waals surface area contributed by atoms with E-state index in [1.807, 2.05) is 46.8 Å². The van der Waals surface area contributed by atoms with E-state index >= 15 is 0 Å². The quantitative estimate of drug-likeness (QED) is 0.801. The molecule has 22 heavy (non-hydrogen) atoms. The molecule has 1 aromatic rings. The first-order chi connectivity index (χ1) is 10.2. The van der Waals surface area contributed by atoms with E-state index in [4.69, 9.17) is 0 Å². The van der Waals surface area contributed by atoms with Crippen molar-refractivity contribution < 1.29 is 19.8 Å². The Kier molecular flexibility index (Phi) is 6.15. The van der Waals surface area contributed by atoms with Gasteiger partial charge in [-0.15, -0.1) is 0 Å². The van der Waals surface area contributed by atoms with Gasteiger partial charge in [-0.25, -0.2) is 0 Å². The lowest BCUT2D eigenvalue weighted by molar-refractivity contribution is -0.141. The van der Waals surface area contributed by atoms with Crippen molar-refractivity contribution in [2.45, 2.75) is 52.9 Å². The van der Waals surface area contributed by atoms with Gasteiger partial charge in [0.1, 0.15) is 0 Å². The van der Waals surface area contributed by atoms with E-state index in [-0.39, 0.29) is 11.8 Å². The molecule has 1 aromatic carbocycles. The van der Waals surface area contributed by atoms with Crippen LogP contribution >= 0.6 is 0 Å². The summed E-state index contributed by atoms with van der Waals surface area (Å²) in [6, 6.07) is 5.50. The normalized spacial score (nSPS) is 14.1. The van der Waals surface area contributed by atoms with Crippen molar-refractivity contribution in [2.75, 3.05) is 0 Å². The lowest BCUT2D eigenvalue weighted by atomic mass is 9.76. The maximum Gasteiger partial charge on any atom is 0.311 e. The number of benzene rings is 1. The molecule has 0 amide bonds. The van der Waals surface area contributed by atoms with Crippen LogP contribution in [0.1, 0.15) is 63.1 Å². The first kappa shape index (κ1) is 18.2. The second-order valence-corrected chi connectivity index (χ2v) is 6.39. The number of carboxylic acid groups (broad SMARTS) is 2. The Balaban J connectivity index is 3.65. The predicted octanol–water partition coefficient (Wildman–Crippen LogP) is 3.90. The van der Waals surface area contributed by atoms with Gasteiger partial charge in [0.15, 0.2) is 0 Å². The molecule has 4 heteroatoms. The van der Waals surface area contributed by atoms with Crippen molar-refractivity contribution in [1.82, 2.24) is 0 Å².